The summed E-state index contributed by atoms with van der Waals surface area (Å²) >= 11 is 0. The smallest absolute Gasteiger partial charge is 0.254 e. The second-order valence-electron chi connectivity index (χ2n) is 9.59. The summed E-state index contributed by atoms with van der Waals surface area (Å²) < 4.78 is 0. The highest BCUT2D eigenvalue weighted by molar-refractivity contribution is 6.02. The van der Waals surface area contributed by atoms with Crippen LogP contribution in [0.1, 0.15) is 46.0 Å². The number of hydrogen-bond donors (Lipinski definition) is 3. The van der Waals surface area contributed by atoms with Crippen LogP contribution in [0.25, 0.3) is 11.1 Å². The number of benzene rings is 3. The van der Waals surface area contributed by atoms with Crippen molar-refractivity contribution in [3.8, 4) is 16.9 Å². The van der Waals surface area contributed by atoms with Crippen molar-refractivity contribution in [3.05, 3.63) is 89.0 Å². The molecular weight excluding hydrogens is 482 g/mol. The maximum Gasteiger partial charge on any atom is 0.254 e. The molecule has 3 N–H and O–H groups in total. The van der Waals surface area contributed by atoms with Crippen LogP contribution >= 0.6 is 0 Å². The molecular formula is C30H33N3O5. The van der Waals surface area contributed by atoms with Gasteiger partial charge in [0.2, 0.25) is 5.91 Å². The molecule has 0 aromatic heterocycles. The molecule has 1 aliphatic heterocycles. The number of rotatable bonds is 8. The fourth-order valence-corrected chi connectivity index (χ4v) is 4.82. The van der Waals surface area contributed by atoms with E-state index in [0.29, 0.717) is 23.3 Å². The summed E-state index contributed by atoms with van der Waals surface area (Å²) in [6.07, 6.45) is -0.425. The number of phenolic OH excluding ortho intramolecular Hbond substituents is 1. The monoisotopic (exact) mass is 515 g/mol. The number of hydrogen-bond acceptors (Lipinski definition) is 6. The molecule has 3 aromatic carbocycles. The predicted molar refractivity (Wildman–Crippen MR) is 146 cm³/mol. The van der Waals surface area contributed by atoms with E-state index in [-0.39, 0.29) is 37.1 Å². The summed E-state index contributed by atoms with van der Waals surface area (Å²) in [5, 5.41) is 26.6. The Morgan fingerprint density at radius 1 is 1.08 bits per heavy atom. The molecule has 8 nitrogen and oxygen atoms in total. The normalized spacial score (nSPS) is 16.9. The molecule has 1 unspecified atom stereocenters. The van der Waals surface area contributed by atoms with Gasteiger partial charge in [-0.05, 0) is 59.9 Å². The molecule has 0 radical (unpaired) electrons. The van der Waals surface area contributed by atoms with Crippen molar-refractivity contribution >= 4 is 17.5 Å². The Kier molecular flexibility index (Phi) is 8.43. The minimum Gasteiger partial charge on any atom is -0.508 e. The second kappa shape index (κ2) is 11.9. The number of aliphatic hydroxyl groups is 1. The van der Waals surface area contributed by atoms with Gasteiger partial charge in [0.05, 0.1) is 18.4 Å². The number of carbonyl (C=O) groups excluding carboxylic acids is 2. The van der Waals surface area contributed by atoms with Crippen molar-refractivity contribution in [3.63, 3.8) is 0 Å². The van der Waals surface area contributed by atoms with Gasteiger partial charge in [0.15, 0.2) is 0 Å². The SMILES string of the molecule is CON=C1C[C@@H](CC(=O)NCC(O)c2ccc(O)cc2)N(C(=O)c2ccc(-c3ccccc3C)cc2C)C1. The largest absolute Gasteiger partial charge is 0.508 e. The predicted octanol–water partition coefficient (Wildman–Crippen LogP) is 4.13. The molecule has 1 heterocycles. The molecule has 198 valence electrons. The summed E-state index contributed by atoms with van der Waals surface area (Å²) in [5.41, 5.74) is 6.03. The summed E-state index contributed by atoms with van der Waals surface area (Å²) in [7, 11) is 1.46. The van der Waals surface area contributed by atoms with Gasteiger partial charge < -0.3 is 25.3 Å². The summed E-state index contributed by atoms with van der Waals surface area (Å²) in [5.74, 6) is -0.345. The quantitative estimate of drug-likeness (QED) is 0.391. The fourth-order valence-electron chi connectivity index (χ4n) is 4.82. The zero-order valence-electron chi connectivity index (χ0n) is 21.8. The first-order valence-corrected chi connectivity index (χ1v) is 12.6. The minimum atomic E-state index is -0.916. The number of phenols is 1. The van der Waals surface area contributed by atoms with E-state index in [0.717, 1.165) is 22.3 Å². The number of aliphatic hydroxyl groups excluding tert-OH is 1. The van der Waals surface area contributed by atoms with Crippen molar-refractivity contribution in [2.75, 3.05) is 20.2 Å². The highest BCUT2D eigenvalue weighted by atomic mass is 16.6. The Hall–Kier alpha value is -4.17. The van der Waals surface area contributed by atoms with Crippen molar-refractivity contribution in [1.29, 1.82) is 0 Å². The topological polar surface area (TPSA) is 111 Å². The lowest BCUT2D eigenvalue weighted by Crippen LogP contribution is -2.40. The highest BCUT2D eigenvalue weighted by Crippen LogP contribution is 2.28. The number of oxime groups is 1. The van der Waals surface area contributed by atoms with Crippen molar-refractivity contribution in [2.45, 2.75) is 38.8 Å². The first kappa shape index (κ1) is 26.9. The molecule has 1 aliphatic rings. The average molecular weight is 516 g/mol. The Labute approximate surface area is 222 Å². The molecule has 2 amide bonds. The molecule has 0 bridgehead atoms. The molecule has 0 aliphatic carbocycles. The highest BCUT2D eigenvalue weighted by Gasteiger charge is 2.35. The van der Waals surface area contributed by atoms with E-state index in [1.54, 1.807) is 17.0 Å². The molecule has 1 fully saturated rings. The first-order chi connectivity index (χ1) is 18.3. The van der Waals surface area contributed by atoms with Crippen LogP contribution in [0.15, 0.2) is 71.9 Å². The van der Waals surface area contributed by atoms with Crippen LogP contribution in [-0.2, 0) is 9.63 Å². The third-order valence-electron chi connectivity index (χ3n) is 6.85. The molecule has 3 aromatic rings. The van der Waals surface area contributed by atoms with Gasteiger partial charge in [0.25, 0.3) is 5.91 Å². The number of aromatic hydroxyl groups is 1. The van der Waals surface area contributed by atoms with Gasteiger partial charge in [0.1, 0.15) is 12.9 Å². The lowest BCUT2D eigenvalue weighted by atomic mass is 9.96. The molecule has 38 heavy (non-hydrogen) atoms. The Bertz CT molecular complexity index is 1340. The van der Waals surface area contributed by atoms with Crippen LogP contribution in [0, 0.1) is 13.8 Å². The van der Waals surface area contributed by atoms with Gasteiger partial charge in [0, 0.05) is 31.0 Å². The van der Waals surface area contributed by atoms with E-state index in [2.05, 4.69) is 29.5 Å². The number of nitrogens with zero attached hydrogens (tertiary/aromatic N) is 2. The first-order valence-electron chi connectivity index (χ1n) is 12.6. The van der Waals surface area contributed by atoms with Crippen LogP contribution in [0.4, 0.5) is 0 Å². The van der Waals surface area contributed by atoms with Crippen molar-refractivity contribution in [1.82, 2.24) is 10.2 Å². The van der Waals surface area contributed by atoms with Gasteiger partial charge >= 0.3 is 0 Å². The van der Waals surface area contributed by atoms with E-state index < -0.39 is 12.1 Å². The van der Waals surface area contributed by atoms with Crippen LogP contribution in [0.2, 0.25) is 0 Å². The van der Waals surface area contributed by atoms with Crippen molar-refractivity contribution in [2.24, 2.45) is 5.16 Å². The van der Waals surface area contributed by atoms with E-state index >= 15 is 0 Å². The van der Waals surface area contributed by atoms with E-state index in [1.807, 2.05) is 37.3 Å². The maximum atomic E-state index is 13.6. The Morgan fingerprint density at radius 3 is 2.50 bits per heavy atom. The maximum absolute atomic E-state index is 13.6. The van der Waals surface area contributed by atoms with Gasteiger partial charge in [-0.2, -0.15) is 0 Å². The molecule has 2 atom stereocenters. The summed E-state index contributed by atoms with van der Waals surface area (Å²) in [6.45, 7) is 4.27. The van der Waals surface area contributed by atoms with E-state index in [4.69, 9.17) is 4.84 Å². The van der Waals surface area contributed by atoms with Gasteiger partial charge in [-0.25, -0.2) is 0 Å². The third-order valence-corrected chi connectivity index (χ3v) is 6.85. The average Bonchev–Trinajstić information content (AvgIpc) is 3.29. The van der Waals surface area contributed by atoms with Gasteiger partial charge in [-0.1, -0.05) is 53.7 Å². The Balaban J connectivity index is 1.46. The summed E-state index contributed by atoms with van der Waals surface area (Å²) in [6, 6.07) is 19.7. The molecule has 1 saturated heterocycles. The molecule has 0 spiro atoms. The standard InChI is InChI=1S/C30H33N3O5/c1-19-6-4-5-7-26(19)22-10-13-27(20(2)14-22)30(37)33-18-23(32-38-3)15-24(33)16-29(36)31-17-28(35)21-8-11-25(34)12-9-21/h4-14,24,28,34-35H,15-18H2,1-3H3,(H,31,36)/t24-,28?/m0/s1. The number of amides is 2. The zero-order chi connectivity index (χ0) is 27.2. The molecule has 8 heteroatoms. The zero-order valence-corrected chi connectivity index (χ0v) is 21.8. The fraction of sp³-hybridized carbons (Fsp3) is 0.300. The van der Waals surface area contributed by atoms with E-state index in [1.165, 1.54) is 19.2 Å². The minimum absolute atomic E-state index is 0.0166. The van der Waals surface area contributed by atoms with Gasteiger partial charge in [-0.3, -0.25) is 9.59 Å². The van der Waals surface area contributed by atoms with E-state index in [9.17, 15) is 19.8 Å². The van der Waals surface area contributed by atoms with Crippen LogP contribution < -0.4 is 5.32 Å². The van der Waals surface area contributed by atoms with Gasteiger partial charge in [-0.15, -0.1) is 0 Å². The summed E-state index contributed by atoms with van der Waals surface area (Å²) in [4.78, 5) is 33.0. The van der Waals surface area contributed by atoms with Crippen LogP contribution in [-0.4, -0.2) is 58.9 Å². The number of nitrogens with one attached hydrogen (secondary N) is 1. The van der Waals surface area contributed by atoms with Crippen LogP contribution in [0.5, 0.6) is 5.75 Å². The van der Waals surface area contributed by atoms with Crippen molar-refractivity contribution < 1.29 is 24.6 Å². The Morgan fingerprint density at radius 2 is 1.82 bits per heavy atom. The number of carbonyl (C=O) groups is 2. The second-order valence-corrected chi connectivity index (χ2v) is 9.59. The number of aryl methyl sites for hydroxylation is 2. The third kappa shape index (κ3) is 6.20. The molecule has 0 saturated carbocycles. The lowest BCUT2D eigenvalue weighted by molar-refractivity contribution is -0.122. The van der Waals surface area contributed by atoms with Crippen LogP contribution in [0.3, 0.4) is 0 Å². The number of likely N-dealkylation sites (tertiary alicyclic amines) is 1. The lowest BCUT2D eigenvalue weighted by Gasteiger charge is -2.25. The molecule has 4 rings (SSSR count).